The molecule has 0 N–H and O–H groups in total. The molecule has 0 heterocycles. The molecule has 0 aliphatic rings. The molecule has 0 saturated carbocycles. The second-order valence-corrected chi connectivity index (χ2v) is 3.45. The Morgan fingerprint density at radius 1 is 1.35 bits per heavy atom. The van der Waals surface area contributed by atoms with Crippen molar-refractivity contribution >= 4 is 11.9 Å². The van der Waals surface area contributed by atoms with Gasteiger partial charge < -0.3 is 9.47 Å². The van der Waals surface area contributed by atoms with Gasteiger partial charge in [0.15, 0.2) is 6.61 Å². The molecule has 0 fully saturated rings. The van der Waals surface area contributed by atoms with E-state index in [1.54, 1.807) is 26.0 Å². The first-order valence-corrected chi connectivity index (χ1v) is 5.44. The first-order valence-electron chi connectivity index (χ1n) is 5.44. The maximum Gasteiger partial charge on any atom is 0.344 e. The Kier molecular flexibility index (Phi) is 5.20. The molecule has 0 saturated heterocycles. The second-order valence-electron chi connectivity index (χ2n) is 3.45. The smallest absolute Gasteiger partial charge is 0.344 e. The predicted octanol–water partition coefficient (Wildman–Crippen LogP) is 1.70. The molecule has 1 radical (unpaired) electrons. The molecule has 1 rings (SSSR count). The fraction of sp³-hybridized carbons (Fsp3) is 0.385. The summed E-state index contributed by atoms with van der Waals surface area (Å²) in [6.45, 7) is 3.34. The summed E-state index contributed by atoms with van der Waals surface area (Å²) in [6, 6.07) is 10.1. The Morgan fingerprint density at radius 3 is 2.71 bits per heavy atom. The highest BCUT2D eigenvalue weighted by atomic mass is 16.6. The summed E-state index contributed by atoms with van der Waals surface area (Å²) in [5.41, 5.74) is 0.737. The molecule has 17 heavy (non-hydrogen) atoms. The van der Waals surface area contributed by atoms with Crippen LogP contribution in [0.25, 0.3) is 0 Å². The number of benzene rings is 1. The first kappa shape index (κ1) is 13.2. The van der Waals surface area contributed by atoms with Crippen molar-refractivity contribution in [2.75, 3.05) is 13.2 Å². The quantitative estimate of drug-likeness (QED) is 0.729. The summed E-state index contributed by atoms with van der Waals surface area (Å²) >= 11 is 0. The van der Waals surface area contributed by atoms with Gasteiger partial charge in [0.05, 0.1) is 12.5 Å². The zero-order valence-electron chi connectivity index (χ0n) is 9.93. The Bertz CT molecular complexity index is 372. The van der Waals surface area contributed by atoms with E-state index in [2.05, 4.69) is 10.8 Å². The predicted molar refractivity (Wildman–Crippen MR) is 61.3 cm³/mol. The van der Waals surface area contributed by atoms with Crippen LogP contribution in [0.15, 0.2) is 24.3 Å². The molecule has 0 amide bonds. The third kappa shape index (κ3) is 4.26. The molecule has 1 aromatic rings. The average molecular weight is 235 g/mol. The van der Waals surface area contributed by atoms with Crippen LogP contribution in [0.2, 0.25) is 0 Å². The van der Waals surface area contributed by atoms with E-state index in [1.165, 1.54) is 0 Å². The van der Waals surface area contributed by atoms with E-state index in [0.717, 1.165) is 5.56 Å². The van der Waals surface area contributed by atoms with Crippen molar-refractivity contribution in [2.24, 2.45) is 0 Å². The normalized spacial score (nSPS) is 11.6. The van der Waals surface area contributed by atoms with Crippen LogP contribution in [0, 0.1) is 6.07 Å². The molecular formula is C13H15O4. The van der Waals surface area contributed by atoms with Crippen molar-refractivity contribution in [1.82, 2.24) is 0 Å². The van der Waals surface area contributed by atoms with Crippen molar-refractivity contribution in [3.05, 3.63) is 35.9 Å². The maximum atomic E-state index is 11.6. The van der Waals surface area contributed by atoms with Gasteiger partial charge in [0, 0.05) is 0 Å². The summed E-state index contributed by atoms with van der Waals surface area (Å²) < 4.78 is 9.49. The number of hydrogen-bond donors (Lipinski definition) is 0. The molecule has 0 aliphatic carbocycles. The van der Waals surface area contributed by atoms with Gasteiger partial charge >= 0.3 is 11.9 Å². The SMILES string of the molecule is CCOC(=O)COC(=O)C(C)c1[c]cccc1. The molecule has 0 bridgehead atoms. The third-order valence-electron chi connectivity index (χ3n) is 2.19. The average Bonchev–Trinajstić information content (AvgIpc) is 2.36. The second kappa shape index (κ2) is 6.68. The molecule has 0 aliphatic heterocycles. The number of esters is 2. The number of ether oxygens (including phenoxy) is 2. The minimum absolute atomic E-state index is 0.276. The summed E-state index contributed by atoms with van der Waals surface area (Å²) in [4.78, 5) is 22.6. The highest BCUT2D eigenvalue weighted by Gasteiger charge is 2.17. The maximum absolute atomic E-state index is 11.6. The molecule has 0 spiro atoms. The standard InChI is InChI=1S/C13H15O4/c1-3-16-12(14)9-17-13(15)10(2)11-7-5-4-6-8-11/h4-7,10H,3,9H2,1-2H3. The van der Waals surface area contributed by atoms with Crippen molar-refractivity contribution < 1.29 is 19.1 Å². The lowest BCUT2D eigenvalue weighted by Crippen LogP contribution is -2.19. The van der Waals surface area contributed by atoms with Gasteiger partial charge in [-0.25, -0.2) is 4.79 Å². The molecule has 0 aromatic heterocycles. The largest absolute Gasteiger partial charge is 0.463 e. The van der Waals surface area contributed by atoms with Crippen LogP contribution in [0.5, 0.6) is 0 Å². The van der Waals surface area contributed by atoms with E-state index >= 15 is 0 Å². The van der Waals surface area contributed by atoms with E-state index in [0.29, 0.717) is 0 Å². The lowest BCUT2D eigenvalue weighted by molar-refractivity contribution is -0.159. The van der Waals surface area contributed by atoms with Gasteiger partial charge in [-0.15, -0.1) is 0 Å². The van der Waals surface area contributed by atoms with Gasteiger partial charge in [0.25, 0.3) is 0 Å². The van der Waals surface area contributed by atoms with Crippen molar-refractivity contribution in [3.8, 4) is 0 Å². The first-order chi connectivity index (χ1) is 8.15. The Labute approximate surface area is 101 Å². The van der Waals surface area contributed by atoms with Gasteiger partial charge in [-0.05, 0) is 25.5 Å². The van der Waals surface area contributed by atoms with Crippen LogP contribution in [0.1, 0.15) is 25.3 Å². The number of carbonyl (C=O) groups is 2. The Balaban J connectivity index is 2.45. The van der Waals surface area contributed by atoms with Gasteiger partial charge in [0.1, 0.15) is 0 Å². The van der Waals surface area contributed by atoms with Crippen LogP contribution in [0.3, 0.4) is 0 Å². The molecule has 1 unspecified atom stereocenters. The van der Waals surface area contributed by atoms with Crippen LogP contribution < -0.4 is 0 Å². The van der Waals surface area contributed by atoms with Crippen LogP contribution in [0.4, 0.5) is 0 Å². The van der Waals surface area contributed by atoms with E-state index < -0.39 is 17.9 Å². The van der Waals surface area contributed by atoms with Gasteiger partial charge in [-0.3, -0.25) is 4.79 Å². The molecule has 1 atom stereocenters. The minimum Gasteiger partial charge on any atom is -0.463 e. The Hall–Kier alpha value is -1.84. The Morgan fingerprint density at radius 2 is 2.12 bits per heavy atom. The van der Waals surface area contributed by atoms with Crippen molar-refractivity contribution in [1.29, 1.82) is 0 Å². The van der Waals surface area contributed by atoms with Crippen LogP contribution in [-0.2, 0) is 19.1 Å². The summed E-state index contributed by atoms with van der Waals surface area (Å²) in [5.74, 6) is -1.43. The summed E-state index contributed by atoms with van der Waals surface area (Å²) in [6.07, 6.45) is 0. The van der Waals surface area contributed by atoms with Gasteiger partial charge in [0.2, 0.25) is 0 Å². The summed E-state index contributed by atoms with van der Waals surface area (Å²) in [5, 5.41) is 0. The van der Waals surface area contributed by atoms with Crippen molar-refractivity contribution in [2.45, 2.75) is 19.8 Å². The zero-order chi connectivity index (χ0) is 12.7. The van der Waals surface area contributed by atoms with E-state index in [1.807, 2.05) is 12.1 Å². The molecule has 91 valence electrons. The number of carbonyl (C=O) groups excluding carboxylic acids is 2. The lowest BCUT2D eigenvalue weighted by atomic mass is 10.0. The molecule has 4 heteroatoms. The van der Waals surface area contributed by atoms with E-state index in [-0.39, 0.29) is 13.2 Å². The zero-order valence-corrected chi connectivity index (χ0v) is 9.93. The van der Waals surface area contributed by atoms with Gasteiger partial charge in [-0.2, -0.15) is 0 Å². The van der Waals surface area contributed by atoms with Crippen LogP contribution in [-0.4, -0.2) is 25.2 Å². The topological polar surface area (TPSA) is 52.6 Å². The van der Waals surface area contributed by atoms with Crippen molar-refractivity contribution in [3.63, 3.8) is 0 Å². The fourth-order valence-electron chi connectivity index (χ4n) is 1.26. The summed E-state index contributed by atoms with van der Waals surface area (Å²) in [7, 11) is 0. The highest BCUT2D eigenvalue weighted by Crippen LogP contribution is 2.15. The van der Waals surface area contributed by atoms with Crippen LogP contribution >= 0.6 is 0 Å². The molecular weight excluding hydrogens is 220 g/mol. The number of rotatable bonds is 5. The fourth-order valence-corrected chi connectivity index (χ4v) is 1.26. The molecule has 1 aromatic carbocycles. The van der Waals surface area contributed by atoms with Gasteiger partial charge in [-0.1, -0.05) is 24.3 Å². The van der Waals surface area contributed by atoms with E-state index in [4.69, 9.17) is 4.74 Å². The lowest BCUT2D eigenvalue weighted by Gasteiger charge is -2.10. The monoisotopic (exact) mass is 235 g/mol. The highest BCUT2D eigenvalue weighted by molar-refractivity contribution is 5.80. The third-order valence-corrected chi connectivity index (χ3v) is 2.19. The van der Waals surface area contributed by atoms with E-state index in [9.17, 15) is 9.59 Å². The number of hydrogen-bond acceptors (Lipinski definition) is 4. The molecule has 4 nitrogen and oxygen atoms in total. The minimum atomic E-state index is -0.537.